The van der Waals surface area contributed by atoms with E-state index in [0.29, 0.717) is 22.0 Å². The van der Waals surface area contributed by atoms with Gasteiger partial charge in [-0.3, -0.25) is 9.59 Å². The maximum absolute atomic E-state index is 13.3. The first-order valence-corrected chi connectivity index (χ1v) is 11.0. The lowest BCUT2D eigenvalue weighted by atomic mass is 9.91. The third-order valence-corrected chi connectivity index (χ3v) is 6.12. The van der Waals surface area contributed by atoms with Crippen LogP contribution in [0.2, 0.25) is 5.02 Å². The Morgan fingerprint density at radius 2 is 1.72 bits per heavy atom. The van der Waals surface area contributed by atoms with Crippen molar-refractivity contribution in [2.45, 2.75) is 32.6 Å². The Morgan fingerprint density at radius 3 is 2.38 bits per heavy atom. The van der Waals surface area contributed by atoms with Crippen molar-refractivity contribution in [2.24, 2.45) is 0 Å². The molecule has 166 valence electrons. The lowest BCUT2D eigenvalue weighted by Crippen LogP contribution is -2.29. The SMILES string of the molecule is CC(=O)Nc1ccc(NC(=O)c2cnn(-c3cccc(Cl)c3C)c2C2CCNCC2)cc1. The van der Waals surface area contributed by atoms with Crippen molar-refractivity contribution >= 4 is 34.8 Å². The molecule has 2 heterocycles. The number of piperidine rings is 1. The average Bonchev–Trinajstić information content (AvgIpc) is 3.22. The second-order valence-corrected chi connectivity index (χ2v) is 8.38. The molecule has 8 heteroatoms. The molecule has 3 aromatic rings. The van der Waals surface area contributed by atoms with Gasteiger partial charge in [-0.1, -0.05) is 17.7 Å². The Morgan fingerprint density at radius 1 is 1.06 bits per heavy atom. The van der Waals surface area contributed by atoms with Crippen LogP contribution in [0.3, 0.4) is 0 Å². The van der Waals surface area contributed by atoms with Gasteiger partial charge in [0.1, 0.15) is 0 Å². The zero-order chi connectivity index (χ0) is 22.7. The van der Waals surface area contributed by atoms with Gasteiger partial charge in [-0.15, -0.1) is 0 Å². The van der Waals surface area contributed by atoms with Crippen LogP contribution < -0.4 is 16.0 Å². The Balaban J connectivity index is 1.67. The van der Waals surface area contributed by atoms with E-state index in [1.54, 1.807) is 30.5 Å². The van der Waals surface area contributed by atoms with Crippen molar-refractivity contribution in [3.8, 4) is 5.69 Å². The summed E-state index contributed by atoms with van der Waals surface area (Å²) in [7, 11) is 0. The molecular formula is C24H26ClN5O2. The summed E-state index contributed by atoms with van der Waals surface area (Å²) in [6.07, 6.45) is 3.49. The van der Waals surface area contributed by atoms with Crippen LogP contribution in [-0.2, 0) is 4.79 Å². The second kappa shape index (κ2) is 9.54. The molecule has 0 spiro atoms. The van der Waals surface area contributed by atoms with Crippen molar-refractivity contribution in [1.29, 1.82) is 0 Å². The third-order valence-electron chi connectivity index (χ3n) is 5.71. The lowest BCUT2D eigenvalue weighted by molar-refractivity contribution is -0.114. The van der Waals surface area contributed by atoms with Crippen molar-refractivity contribution in [1.82, 2.24) is 15.1 Å². The van der Waals surface area contributed by atoms with Crippen LogP contribution in [0.15, 0.2) is 48.7 Å². The van der Waals surface area contributed by atoms with Gasteiger partial charge < -0.3 is 16.0 Å². The summed E-state index contributed by atoms with van der Waals surface area (Å²) >= 11 is 6.37. The number of anilines is 2. The zero-order valence-corrected chi connectivity index (χ0v) is 18.9. The molecule has 32 heavy (non-hydrogen) atoms. The molecule has 2 aromatic carbocycles. The van der Waals surface area contributed by atoms with E-state index < -0.39 is 0 Å². The molecule has 3 N–H and O–H groups in total. The predicted molar refractivity (Wildman–Crippen MR) is 127 cm³/mol. The number of aromatic nitrogens is 2. The summed E-state index contributed by atoms with van der Waals surface area (Å²) in [6, 6.07) is 12.8. The smallest absolute Gasteiger partial charge is 0.259 e. The van der Waals surface area contributed by atoms with Crippen LogP contribution in [-0.4, -0.2) is 34.7 Å². The Kier molecular flexibility index (Phi) is 6.58. The van der Waals surface area contributed by atoms with E-state index in [4.69, 9.17) is 11.6 Å². The molecule has 1 aliphatic rings. The fourth-order valence-corrected chi connectivity index (χ4v) is 4.25. The minimum Gasteiger partial charge on any atom is -0.326 e. The van der Waals surface area contributed by atoms with Gasteiger partial charge in [0.25, 0.3) is 5.91 Å². The van der Waals surface area contributed by atoms with Gasteiger partial charge >= 0.3 is 0 Å². The van der Waals surface area contributed by atoms with Gasteiger partial charge in [-0.2, -0.15) is 5.10 Å². The number of nitrogens with one attached hydrogen (secondary N) is 3. The van der Waals surface area contributed by atoms with Gasteiger partial charge in [-0.25, -0.2) is 4.68 Å². The fourth-order valence-electron chi connectivity index (χ4n) is 4.08. The van der Waals surface area contributed by atoms with E-state index in [1.165, 1.54) is 6.92 Å². The number of rotatable bonds is 5. The highest BCUT2D eigenvalue weighted by atomic mass is 35.5. The maximum Gasteiger partial charge on any atom is 0.259 e. The van der Waals surface area contributed by atoms with Crippen LogP contribution in [0, 0.1) is 6.92 Å². The quantitative estimate of drug-likeness (QED) is 0.532. The monoisotopic (exact) mass is 451 g/mol. The number of hydrogen-bond acceptors (Lipinski definition) is 4. The number of hydrogen-bond donors (Lipinski definition) is 3. The van der Waals surface area contributed by atoms with E-state index in [-0.39, 0.29) is 17.7 Å². The highest BCUT2D eigenvalue weighted by molar-refractivity contribution is 6.31. The molecule has 0 radical (unpaired) electrons. The lowest BCUT2D eigenvalue weighted by Gasteiger charge is -2.25. The first-order chi connectivity index (χ1) is 15.4. The highest BCUT2D eigenvalue weighted by Gasteiger charge is 2.27. The third kappa shape index (κ3) is 4.69. The number of benzene rings is 2. The summed E-state index contributed by atoms with van der Waals surface area (Å²) in [6.45, 7) is 5.21. The molecule has 1 fully saturated rings. The fraction of sp³-hybridized carbons (Fsp3) is 0.292. The maximum atomic E-state index is 13.3. The Labute approximate surface area is 192 Å². The van der Waals surface area contributed by atoms with Gasteiger partial charge in [0.15, 0.2) is 0 Å². The van der Waals surface area contributed by atoms with E-state index in [1.807, 2.05) is 29.8 Å². The molecule has 1 aliphatic heterocycles. The first kappa shape index (κ1) is 22.0. The predicted octanol–water partition coefficient (Wildman–Crippen LogP) is 4.51. The molecule has 1 saturated heterocycles. The van der Waals surface area contributed by atoms with Gasteiger partial charge in [-0.05, 0) is 74.8 Å². The highest BCUT2D eigenvalue weighted by Crippen LogP contribution is 2.32. The van der Waals surface area contributed by atoms with Crippen LogP contribution in [0.25, 0.3) is 5.69 Å². The van der Waals surface area contributed by atoms with E-state index in [2.05, 4.69) is 21.0 Å². The molecule has 0 atom stereocenters. The summed E-state index contributed by atoms with van der Waals surface area (Å²) in [5.74, 6) is -0.145. The summed E-state index contributed by atoms with van der Waals surface area (Å²) in [5, 5.41) is 14.3. The molecule has 2 amide bonds. The van der Waals surface area contributed by atoms with Gasteiger partial charge in [0.2, 0.25) is 5.91 Å². The van der Waals surface area contributed by atoms with Crippen LogP contribution in [0.4, 0.5) is 11.4 Å². The number of nitrogens with zero attached hydrogens (tertiary/aromatic N) is 2. The van der Waals surface area contributed by atoms with Gasteiger partial charge in [0.05, 0.1) is 23.1 Å². The second-order valence-electron chi connectivity index (χ2n) is 7.98. The average molecular weight is 452 g/mol. The van der Waals surface area contributed by atoms with Crippen molar-refractivity contribution in [3.05, 3.63) is 70.5 Å². The number of carbonyl (C=O) groups is 2. The molecule has 1 aromatic heterocycles. The number of halogens is 1. The number of carbonyl (C=O) groups excluding carboxylic acids is 2. The summed E-state index contributed by atoms with van der Waals surface area (Å²) < 4.78 is 1.87. The molecule has 0 bridgehead atoms. The van der Waals surface area contributed by atoms with Crippen LogP contribution in [0.5, 0.6) is 0 Å². The van der Waals surface area contributed by atoms with E-state index in [0.717, 1.165) is 42.9 Å². The van der Waals surface area contributed by atoms with Crippen LogP contribution >= 0.6 is 11.6 Å². The minimum absolute atomic E-state index is 0.142. The molecule has 7 nitrogen and oxygen atoms in total. The zero-order valence-electron chi connectivity index (χ0n) is 18.1. The molecule has 0 saturated carbocycles. The molecule has 0 aliphatic carbocycles. The first-order valence-electron chi connectivity index (χ1n) is 10.7. The summed E-state index contributed by atoms with van der Waals surface area (Å²) in [5.41, 5.74) is 4.59. The largest absolute Gasteiger partial charge is 0.326 e. The minimum atomic E-state index is -0.211. The van der Waals surface area contributed by atoms with Crippen LogP contribution in [0.1, 0.15) is 47.3 Å². The Bertz CT molecular complexity index is 1130. The Hall–Kier alpha value is -3.16. The standard InChI is InChI=1S/C24H26ClN5O2/c1-15-21(25)4-3-5-22(15)30-23(17-10-12-26-13-11-17)20(14-27-30)24(32)29-19-8-6-18(7-9-19)28-16(2)31/h3-9,14,17,26H,10-13H2,1-2H3,(H,28,31)(H,29,32). The topological polar surface area (TPSA) is 88.1 Å². The van der Waals surface area contributed by atoms with E-state index in [9.17, 15) is 9.59 Å². The molecular weight excluding hydrogens is 426 g/mol. The summed E-state index contributed by atoms with van der Waals surface area (Å²) in [4.78, 5) is 24.5. The van der Waals surface area contributed by atoms with E-state index >= 15 is 0 Å². The molecule has 4 rings (SSSR count). The number of amides is 2. The van der Waals surface area contributed by atoms with Crippen molar-refractivity contribution in [3.63, 3.8) is 0 Å². The normalized spacial score (nSPS) is 14.2. The van der Waals surface area contributed by atoms with Gasteiger partial charge in [0, 0.05) is 29.2 Å². The van der Waals surface area contributed by atoms with Crippen molar-refractivity contribution < 1.29 is 9.59 Å². The molecule has 0 unspecified atom stereocenters. The van der Waals surface area contributed by atoms with Crippen molar-refractivity contribution in [2.75, 3.05) is 23.7 Å².